The van der Waals surface area contributed by atoms with Crippen molar-refractivity contribution in [3.63, 3.8) is 0 Å². The van der Waals surface area contributed by atoms with Crippen molar-refractivity contribution < 1.29 is 22.0 Å². The SMILES string of the molecule is CCNC(Cc1ccc(F)c(F)c1)C(F)(F)F. The van der Waals surface area contributed by atoms with E-state index in [1.807, 2.05) is 0 Å². The smallest absolute Gasteiger partial charge is 0.306 e. The third-order valence-corrected chi connectivity index (χ3v) is 2.27. The molecule has 0 spiro atoms. The van der Waals surface area contributed by atoms with Gasteiger partial charge in [-0.3, -0.25) is 0 Å². The molecule has 1 rings (SSSR count). The molecule has 0 aliphatic heterocycles. The van der Waals surface area contributed by atoms with Crippen LogP contribution in [0, 0.1) is 11.6 Å². The van der Waals surface area contributed by atoms with Crippen LogP contribution < -0.4 is 5.32 Å². The number of likely N-dealkylation sites (N-methyl/N-ethyl adjacent to an activating group) is 1. The second-order valence-electron chi connectivity index (χ2n) is 3.60. The average Bonchev–Trinajstić information content (AvgIpc) is 2.21. The molecule has 0 heterocycles. The van der Waals surface area contributed by atoms with E-state index in [4.69, 9.17) is 0 Å². The van der Waals surface area contributed by atoms with E-state index in [9.17, 15) is 22.0 Å². The van der Waals surface area contributed by atoms with Gasteiger partial charge in [-0.25, -0.2) is 8.78 Å². The van der Waals surface area contributed by atoms with Gasteiger partial charge < -0.3 is 5.32 Å². The lowest BCUT2D eigenvalue weighted by atomic mass is 10.1. The van der Waals surface area contributed by atoms with Crippen molar-refractivity contribution in [2.45, 2.75) is 25.6 Å². The lowest BCUT2D eigenvalue weighted by Gasteiger charge is -2.21. The molecule has 0 aromatic heterocycles. The Bertz CT molecular complexity index is 375. The van der Waals surface area contributed by atoms with E-state index in [1.165, 1.54) is 0 Å². The molecule has 0 aliphatic carbocycles. The number of halogens is 5. The summed E-state index contributed by atoms with van der Waals surface area (Å²) in [5.41, 5.74) is 0.104. The molecule has 0 fully saturated rings. The molecule has 0 amide bonds. The van der Waals surface area contributed by atoms with Gasteiger partial charge in [0.1, 0.15) is 6.04 Å². The maximum absolute atomic E-state index is 12.8. The van der Waals surface area contributed by atoms with Crippen LogP contribution in [-0.2, 0) is 6.42 Å². The van der Waals surface area contributed by atoms with E-state index in [0.717, 1.165) is 18.2 Å². The fourth-order valence-electron chi connectivity index (χ4n) is 1.45. The van der Waals surface area contributed by atoms with Crippen LogP contribution in [0.4, 0.5) is 22.0 Å². The van der Waals surface area contributed by atoms with Gasteiger partial charge in [-0.2, -0.15) is 13.2 Å². The van der Waals surface area contributed by atoms with Crippen LogP contribution in [0.25, 0.3) is 0 Å². The van der Waals surface area contributed by atoms with Crippen LogP contribution in [0.3, 0.4) is 0 Å². The van der Waals surface area contributed by atoms with Crippen LogP contribution >= 0.6 is 0 Å². The maximum atomic E-state index is 12.8. The molecule has 1 N–H and O–H groups in total. The zero-order valence-corrected chi connectivity index (χ0v) is 9.11. The summed E-state index contributed by atoms with van der Waals surface area (Å²) < 4.78 is 63.1. The normalized spacial score (nSPS) is 13.8. The van der Waals surface area contributed by atoms with Crippen molar-refractivity contribution in [2.24, 2.45) is 0 Å². The molecule has 0 saturated heterocycles. The molecular weight excluding hydrogens is 241 g/mol. The summed E-state index contributed by atoms with van der Waals surface area (Å²) in [7, 11) is 0. The largest absolute Gasteiger partial charge is 0.404 e. The second kappa shape index (κ2) is 5.44. The fraction of sp³-hybridized carbons (Fsp3) is 0.455. The molecule has 6 heteroatoms. The van der Waals surface area contributed by atoms with E-state index >= 15 is 0 Å². The molecule has 17 heavy (non-hydrogen) atoms. The lowest BCUT2D eigenvalue weighted by molar-refractivity contribution is -0.155. The van der Waals surface area contributed by atoms with Gasteiger partial charge in [0.25, 0.3) is 0 Å². The summed E-state index contributed by atoms with van der Waals surface area (Å²) in [6.07, 6.45) is -4.84. The number of alkyl halides is 3. The predicted octanol–water partition coefficient (Wildman–Crippen LogP) is 3.05. The highest BCUT2D eigenvalue weighted by Crippen LogP contribution is 2.23. The van der Waals surface area contributed by atoms with Crippen molar-refractivity contribution >= 4 is 0 Å². The summed E-state index contributed by atoms with van der Waals surface area (Å²) in [5, 5.41) is 2.26. The summed E-state index contributed by atoms with van der Waals surface area (Å²) in [5.74, 6) is -2.21. The Kier molecular flexibility index (Phi) is 4.45. The maximum Gasteiger partial charge on any atom is 0.404 e. The average molecular weight is 253 g/mol. The minimum absolute atomic E-state index is 0.104. The summed E-state index contributed by atoms with van der Waals surface area (Å²) >= 11 is 0. The first-order valence-corrected chi connectivity index (χ1v) is 5.08. The zero-order chi connectivity index (χ0) is 13.1. The Morgan fingerprint density at radius 2 is 1.82 bits per heavy atom. The lowest BCUT2D eigenvalue weighted by Crippen LogP contribution is -2.43. The Labute approximate surface area is 95.6 Å². The molecule has 96 valence electrons. The molecule has 1 atom stereocenters. The number of rotatable bonds is 4. The predicted molar refractivity (Wildman–Crippen MR) is 53.6 cm³/mol. The Morgan fingerprint density at radius 3 is 2.29 bits per heavy atom. The molecule has 1 nitrogen and oxygen atoms in total. The highest BCUT2D eigenvalue weighted by atomic mass is 19.4. The van der Waals surface area contributed by atoms with Gasteiger partial charge in [0.15, 0.2) is 11.6 Å². The Hall–Kier alpha value is -1.17. The highest BCUT2D eigenvalue weighted by Gasteiger charge is 2.38. The van der Waals surface area contributed by atoms with Crippen molar-refractivity contribution in [1.82, 2.24) is 5.32 Å². The van der Waals surface area contributed by atoms with E-state index in [0.29, 0.717) is 0 Å². The molecule has 0 radical (unpaired) electrons. The van der Waals surface area contributed by atoms with E-state index in [-0.39, 0.29) is 12.1 Å². The van der Waals surface area contributed by atoms with Crippen LogP contribution in [0.15, 0.2) is 18.2 Å². The van der Waals surface area contributed by atoms with Crippen molar-refractivity contribution in [1.29, 1.82) is 0 Å². The van der Waals surface area contributed by atoms with Crippen molar-refractivity contribution in [3.8, 4) is 0 Å². The van der Waals surface area contributed by atoms with E-state index in [2.05, 4.69) is 5.32 Å². The topological polar surface area (TPSA) is 12.0 Å². The Balaban J connectivity index is 2.82. The number of hydrogen-bond acceptors (Lipinski definition) is 1. The number of hydrogen-bond donors (Lipinski definition) is 1. The summed E-state index contributed by atoms with van der Waals surface area (Å²) in [4.78, 5) is 0. The first-order chi connectivity index (χ1) is 7.84. The first-order valence-electron chi connectivity index (χ1n) is 5.08. The third-order valence-electron chi connectivity index (χ3n) is 2.27. The fourth-order valence-corrected chi connectivity index (χ4v) is 1.45. The minimum Gasteiger partial charge on any atom is -0.306 e. The van der Waals surface area contributed by atoms with Gasteiger partial charge in [-0.05, 0) is 30.7 Å². The molecule has 1 aromatic rings. The third kappa shape index (κ3) is 3.96. The number of benzene rings is 1. The van der Waals surface area contributed by atoms with Gasteiger partial charge in [0.2, 0.25) is 0 Å². The van der Waals surface area contributed by atoms with Crippen LogP contribution in [-0.4, -0.2) is 18.8 Å². The molecule has 0 bridgehead atoms. The number of nitrogens with one attached hydrogen (secondary N) is 1. The van der Waals surface area contributed by atoms with Gasteiger partial charge >= 0.3 is 6.18 Å². The van der Waals surface area contributed by atoms with Gasteiger partial charge in [0, 0.05) is 0 Å². The van der Waals surface area contributed by atoms with Gasteiger partial charge in [-0.15, -0.1) is 0 Å². The molecule has 0 aliphatic rings. The van der Waals surface area contributed by atoms with E-state index in [1.54, 1.807) is 6.92 Å². The Morgan fingerprint density at radius 1 is 1.18 bits per heavy atom. The standard InChI is InChI=1S/C11H12F5N/c1-2-17-10(11(14,15)16)6-7-3-4-8(12)9(13)5-7/h3-5,10,17H,2,6H2,1H3. The van der Waals surface area contributed by atoms with Crippen LogP contribution in [0.1, 0.15) is 12.5 Å². The minimum atomic E-state index is -4.42. The second-order valence-corrected chi connectivity index (χ2v) is 3.60. The summed E-state index contributed by atoms with van der Waals surface area (Å²) in [6.45, 7) is 1.69. The van der Waals surface area contributed by atoms with Crippen LogP contribution in [0.2, 0.25) is 0 Å². The van der Waals surface area contributed by atoms with Crippen molar-refractivity contribution in [2.75, 3.05) is 6.54 Å². The van der Waals surface area contributed by atoms with Gasteiger partial charge in [0.05, 0.1) is 0 Å². The first kappa shape index (κ1) is 13.9. The molecule has 1 aromatic carbocycles. The highest BCUT2D eigenvalue weighted by molar-refractivity contribution is 5.19. The van der Waals surface area contributed by atoms with Crippen LogP contribution in [0.5, 0.6) is 0 Å². The molecular formula is C11H12F5N. The van der Waals surface area contributed by atoms with Gasteiger partial charge in [-0.1, -0.05) is 13.0 Å². The van der Waals surface area contributed by atoms with Crippen molar-refractivity contribution in [3.05, 3.63) is 35.4 Å². The zero-order valence-electron chi connectivity index (χ0n) is 9.11. The monoisotopic (exact) mass is 253 g/mol. The molecule has 1 unspecified atom stereocenters. The molecule has 0 saturated carbocycles. The quantitative estimate of drug-likeness (QED) is 0.813. The summed E-state index contributed by atoms with van der Waals surface area (Å²) in [6, 6.07) is 1.00. The van der Waals surface area contributed by atoms with E-state index < -0.39 is 30.3 Å².